The third-order valence-corrected chi connectivity index (χ3v) is 5.35. The number of aromatic nitrogens is 2. The molecule has 1 aliphatic carbocycles. The van der Waals surface area contributed by atoms with Crippen molar-refractivity contribution < 1.29 is 9.53 Å². The molecule has 8 heteroatoms. The number of rotatable bonds is 7. The van der Waals surface area contributed by atoms with Gasteiger partial charge < -0.3 is 15.4 Å². The van der Waals surface area contributed by atoms with Gasteiger partial charge in [0.1, 0.15) is 5.75 Å². The second kappa shape index (κ2) is 7.18. The first-order valence-electron chi connectivity index (χ1n) is 7.35. The van der Waals surface area contributed by atoms with Gasteiger partial charge in [-0.05, 0) is 44.0 Å². The van der Waals surface area contributed by atoms with Crippen molar-refractivity contribution in [1.82, 2.24) is 10.2 Å². The summed E-state index contributed by atoms with van der Waals surface area (Å²) in [6.45, 7) is 1.86. The van der Waals surface area contributed by atoms with Crippen LogP contribution in [0.3, 0.4) is 0 Å². The van der Waals surface area contributed by atoms with Crippen LogP contribution in [0.15, 0.2) is 28.6 Å². The first-order valence-corrected chi connectivity index (χ1v) is 9.05. The lowest BCUT2D eigenvalue weighted by Crippen LogP contribution is -2.22. The molecule has 0 radical (unpaired) electrons. The maximum absolute atomic E-state index is 12.2. The number of amides is 1. The fraction of sp³-hybridized carbons (Fsp3) is 0.400. The SMILES string of the molecule is COc1ccc(NC(=O)C(C)Sc2nnc(NC3CC3)s2)cc1. The van der Waals surface area contributed by atoms with Gasteiger partial charge in [0.2, 0.25) is 11.0 Å². The lowest BCUT2D eigenvalue weighted by atomic mass is 10.3. The number of methoxy groups -OCH3 is 1. The molecule has 1 aliphatic rings. The average molecular weight is 350 g/mol. The summed E-state index contributed by atoms with van der Waals surface area (Å²) in [6.07, 6.45) is 2.39. The van der Waals surface area contributed by atoms with Crippen LogP contribution in [-0.4, -0.2) is 34.5 Å². The molecule has 6 nitrogen and oxygen atoms in total. The Bertz CT molecular complexity index is 670. The molecular formula is C15H18N4O2S2. The van der Waals surface area contributed by atoms with Crippen LogP contribution in [0.5, 0.6) is 5.75 Å². The van der Waals surface area contributed by atoms with Gasteiger partial charge in [0.15, 0.2) is 4.34 Å². The summed E-state index contributed by atoms with van der Waals surface area (Å²) in [7, 11) is 1.61. The third kappa shape index (κ3) is 4.59. The molecule has 1 unspecified atom stereocenters. The molecule has 1 fully saturated rings. The van der Waals surface area contributed by atoms with Crippen molar-refractivity contribution >= 4 is 39.8 Å². The fourth-order valence-corrected chi connectivity index (χ4v) is 3.81. The molecule has 1 saturated carbocycles. The minimum atomic E-state index is -0.251. The van der Waals surface area contributed by atoms with Gasteiger partial charge in [0.05, 0.1) is 12.4 Å². The predicted molar refractivity (Wildman–Crippen MR) is 93.5 cm³/mol. The van der Waals surface area contributed by atoms with E-state index < -0.39 is 0 Å². The van der Waals surface area contributed by atoms with E-state index in [9.17, 15) is 4.79 Å². The van der Waals surface area contributed by atoms with Crippen LogP contribution in [-0.2, 0) is 4.79 Å². The van der Waals surface area contributed by atoms with Crippen LogP contribution >= 0.6 is 23.1 Å². The first-order chi connectivity index (χ1) is 11.1. The Balaban J connectivity index is 1.52. The van der Waals surface area contributed by atoms with Crippen LogP contribution in [0.1, 0.15) is 19.8 Å². The topological polar surface area (TPSA) is 76.1 Å². The van der Waals surface area contributed by atoms with Crippen molar-refractivity contribution in [3.05, 3.63) is 24.3 Å². The summed E-state index contributed by atoms with van der Waals surface area (Å²) < 4.78 is 5.89. The Hall–Kier alpha value is -1.80. The lowest BCUT2D eigenvalue weighted by molar-refractivity contribution is -0.115. The second-order valence-electron chi connectivity index (χ2n) is 5.27. The zero-order chi connectivity index (χ0) is 16.2. The third-order valence-electron chi connectivity index (χ3n) is 3.32. The van der Waals surface area contributed by atoms with Gasteiger partial charge in [0, 0.05) is 11.7 Å². The van der Waals surface area contributed by atoms with Crippen LogP contribution in [0.4, 0.5) is 10.8 Å². The molecule has 122 valence electrons. The minimum Gasteiger partial charge on any atom is -0.497 e. The van der Waals surface area contributed by atoms with Gasteiger partial charge >= 0.3 is 0 Å². The van der Waals surface area contributed by atoms with E-state index in [0.717, 1.165) is 20.9 Å². The summed E-state index contributed by atoms with van der Waals surface area (Å²) in [6, 6.07) is 7.81. The molecule has 2 N–H and O–H groups in total. The molecule has 1 amide bonds. The highest BCUT2D eigenvalue weighted by Gasteiger charge is 2.23. The molecule has 1 heterocycles. The highest BCUT2D eigenvalue weighted by atomic mass is 32.2. The maximum Gasteiger partial charge on any atom is 0.237 e. The number of nitrogens with one attached hydrogen (secondary N) is 2. The Labute approximate surface area is 143 Å². The van der Waals surface area contributed by atoms with E-state index in [1.807, 2.05) is 31.2 Å². The number of thioether (sulfide) groups is 1. The van der Waals surface area contributed by atoms with Gasteiger partial charge in [-0.25, -0.2) is 0 Å². The molecule has 3 rings (SSSR count). The number of ether oxygens (including phenoxy) is 1. The first kappa shape index (κ1) is 16.1. The van der Waals surface area contributed by atoms with Crippen molar-refractivity contribution in [2.45, 2.75) is 35.4 Å². The van der Waals surface area contributed by atoms with E-state index in [1.54, 1.807) is 7.11 Å². The van der Waals surface area contributed by atoms with Crippen LogP contribution in [0, 0.1) is 0 Å². The quantitative estimate of drug-likeness (QED) is 0.747. The molecule has 0 aliphatic heterocycles. The van der Waals surface area contributed by atoms with Crippen molar-refractivity contribution in [3.8, 4) is 5.75 Å². The van der Waals surface area contributed by atoms with Gasteiger partial charge in [-0.1, -0.05) is 23.1 Å². The minimum absolute atomic E-state index is 0.0629. The highest BCUT2D eigenvalue weighted by Crippen LogP contribution is 2.32. The van der Waals surface area contributed by atoms with Crippen molar-refractivity contribution in [3.63, 3.8) is 0 Å². The number of hydrogen-bond donors (Lipinski definition) is 2. The predicted octanol–water partition coefficient (Wildman–Crippen LogP) is 3.24. The smallest absolute Gasteiger partial charge is 0.237 e. The van der Waals surface area contributed by atoms with Crippen molar-refractivity contribution in [2.24, 2.45) is 0 Å². The fourth-order valence-electron chi connectivity index (χ4n) is 1.84. The van der Waals surface area contributed by atoms with Gasteiger partial charge in [-0.2, -0.15) is 0 Å². The van der Waals surface area contributed by atoms with Gasteiger partial charge in [-0.15, -0.1) is 10.2 Å². The number of hydrogen-bond acceptors (Lipinski definition) is 7. The molecule has 1 atom stereocenters. The summed E-state index contributed by atoms with van der Waals surface area (Å²) in [5, 5.41) is 15.0. The van der Waals surface area contributed by atoms with E-state index in [4.69, 9.17) is 4.74 Å². The second-order valence-corrected chi connectivity index (χ2v) is 7.84. The number of carbonyl (C=O) groups is 1. The summed E-state index contributed by atoms with van der Waals surface area (Å²) in [5.74, 6) is 0.696. The number of benzene rings is 1. The summed E-state index contributed by atoms with van der Waals surface area (Å²) in [5.41, 5.74) is 0.747. The van der Waals surface area contributed by atoms with E-state index in [2.05, 4.69) is 20.8 Å². The zero-order valence-corrected chi connectivity index (χ0v) is 14.5. The van der Waals surface area contributed by atoms with Crippen molar-refractivity contribution in [2.75, 3.05) is 17.7 Å². The molecule has 2 aromatic rings. The normalized spacial score (nSPS) is 15.0. The highest BCUT2D eigenvalue weighted by molar-refractivity contribution is 8.02. The molecule has 0 saturated heterocycles. The molecular weight excluding hydrogens is 332 g/mol. The maximum atomic E-state index is 12.2. The summed E-state index contributed by atoms with van der Waals surface area (Å²) in [4.78, 5) is 12.2. The van der Waals surface area contributed by atoms with Crippen LogP contribution in [0.2, 0.25) is 0 Å². The number of nitrogens with zero attached hydrogens (tertiary/aromatic N) is 2. The molecule has 23 heavy (non-hydrogen) atoms. The Kier molecular flexibility index (Phi) is 5.02. The molecule has 1 aromatic carbocycles. The molecule has 0 spiro atoms. The van der Waals surface area contributed by atoms with Gasteiger partial charge in [0.25, 0.3) is 0 Å². The van der Waals surface area contributed by atoms with E-state index in [-0.39, 0.29) is 11.2 Å². The number of carbonyl (C=O) groups excluding carboxylic acids is 1. The largest absolute Gasteiger partial charge is 0.497 e. The monoisotopic (exact) mass is 350 g/mol. The van der Waals surface area contributed by atoms with Crippen LogP contribution in [0.25, 0.3) is 0 Å². The standard InChI is InChI=1S/C15H18N4O2S2/c1-9(13(20)16-10-5-7-12(21-2)8-6-10)22-15-19-18-14(23-15)17-11-3-4-11/h5-9,11H,3-4H2,1-2H3,(H,16,20)(H,17,18). The summed E-state index contributed by atoms with van der Waals surface area (Å²) >= 11 is 2.91. The van der Waals surface area contributed by atoms with E-state index >= 15 is 0 Å². The Morgan fingerprint density at radius 3 is 2.74 bits per heavy atom. The Morgan fingerprint density at radius 2 is 2.09 bits per heavy atom. The molecule has 1 aromatic heterocycles. The van der Waals surface area contributed by atoms with E-state index in [1.165, 1.54) is 35.9 Å². The number of anilines is 2. The zero-order valence-electron chi connectivity index (χ0n) is 12.9. The van der Waals surface area contributed by atoms with E-state index in [0.29, 0.717) is 6.04 Å². The van der Waals surface area contributed by atoms with Gasteiger partial charge in [-0.3, -0.25) is 4.79 Å². The Morgan fingerprint density at radius 1 is 1.35 bits per heavy atom. The average Bonchev–Trinajstić information content (AvgIpc) is 3.26. The molecule has 0 bridgehead atoms. The van der Waals surface area contributed by atoms with Crippen molar-refractivity contribution in [1.29, 1.82) is 0 Å². The lowest BCUT2D eigenvalue weighted by Gasteiger charge is -2.10. The van der Waals surface area contributed by atoms with Crippen LogP contribution < -0.4 is 15.4 Å².